The zero-order valence-electron chi connectivity index (χ0n) is 8.44. The molecule has 0 amide bonds. The highest BCUT2D eigenvalue weighted by molar-refractivity contribution is 5.52. The molecule has 0 saturated heterocycles. The summed E-state index contributed by atoms with van der Waals surface area (Å²) in [5.74, 6) is 0. The van der Waals surface area contributed by atoms with Crippen LogP contribution in [-0.2, 0) is 13.5 Å². The minimum Gasteiger partial charge on any atom is -0.340 e. The summed E-state index contributed by atoms with van der Waals surface area (Å²) in [6.07, 6.45) is 6.68. The van der Waals surface area contributed by atoms with Gasteiger partial charge in [-0.2, -0.15) is 0 Å². The molecule has 2 aromatic heterocycles. The molecule has 72 valence electrons. The molecule has 14 heavy (non-hydrogen) atoms. The number of nitrogens with zero attached hydrogens (tertiary/aromatic N) is 3. The Hall–Kier alpha value is -1.64. The molecule has 0 aliphatic rings. The van der Waals surface area contributed by atoms with Gasteiger partial charge in [-0.1, -0.05) is 13.0 Å². The van der Waals surface area contributed by atoms with Crippen molar-refractivity contribution in [1.82, 2.24) is 14.5 Å². The molecule has 3 heteroatoms. The summed E-state index contributed by atoms with van der Waals surface area (Å²) >= 11 is 0. The molecule has 2 rings (SSSR count). The van der Waals surface area contributed by atoms with Crippen LogP contribution in [0.15, 0.2) is 30.9 Å². The predicted octanol–water partition coefficient (Wildman–Crippen LogP) is 2.04. The first-order valence-electron chi connectivity index (χ1n) is 4.73. The van der Waals surface area contributed by atoms with Gasteiger partial charge in [0.1, 0.15) is 5.69 Å². The Balaban J connectivity index is 2.33. The first-order valence-corrected chi connectivity index (χ1v) is 4.73. The summed E-state index contributed by atoms with van der Waals surface area (Å²) in [6, 6.07) is 4.11. The van der Waals surface area contributed by atoms with Gasteiger partial charge in [0, 0.05) is 19.4 Å². The van der Waals surface area contributed by atoms with Crippen LogP contribution in [0.2, 0.25) is 0 Å². The van der Waals surface area contributed by atoms with Crippen molar-refractivity contribution in [2.45, 2.75) is 13.3 Å². The average Bonchev–Trinajstić information content (AvgIpc) is 2.65. The smallest absolute Gasteiger partial charge is 0.107 e. The van der Waals surface area contributed by atoms with Crippen LogP contribution in [0.5, 0.6) is 0 Å². The molecule has 0 atom stereocenters. The molecular formula is C11H13N3. The van der Waals surface area contributed by atoms with E-state index in [4.69, 9.17) is 0 Å². The maximum absolute atomic E-state index is 4.36. The van der Waals surface area contributed by atoms with Crippen LogP contribution >= 0.6 is 0 Å². The van der Waals surface area contributed by atoms with Crippen molar-refractivity contribution in [3.63, 3.8) is 0 Å². The Bertz CT molecular complexity index is 414. The SMILES string of the molecule is CCc1ccc(-c2cn(C)cn2)nc1. The van der Waals surface area contributed by atoms with Gasteiger partial charge in [0.25, 0.3) is 0 Å². The van der Waals surface area contributed by atoms with Gasteiger partial charge >= 0.3 is 0 Å². The van der Waals surface area contributed by atoms with Gasteiger partial charge < -0.3 is 4.57 Å². The number of aryl methyl sites for hydroxylation is 2. The monoisotopic (exact) mass is 187 g/mol. The van der Waals surface area contributed by atoms with E-state index in [-0.39, 0.29) is 0 Å². The summed E-state index contributed by atoms with van der Waals surface area (Å²) in [5, 5.41) is 0. The number of aromatic nitrogens is 3. The molecule has 0 radical (unpaired) electrons. The number of hydrogen-bond donors (Lipinski definition) is 0. The van der Waals surface area contributed by atoms with Crippen molar-refractivity contribution >= 4 is 0 Å². The van der Waals surface area contributed by atoms with Crippen LogP contribution in [0.1, 0.15) is 12.5 Å². The highest BCUT2D eigenvalue weighted by atomic mass is 15.0. The van der Waals surface area contributed by atoms with Crippen molar-refractivity contribution in [3.8, 4) is 11.4 Å². The van der Waals surface area contributed by atoms with E-state index in [0.29, 0.717) is 0 Å². The maximum atomic E-state index is 4.36. The molecular weight excluding hydrogens is 174 g/mol. The van der Waals surface area contributed by atoms with Crippen LogP contribution in [-0.4, -0.2) is 14.5 Å². The van der Waals surface area contributed by atoms with Crippen molar-refractivity contribution in [2.24, 2.45) is 7.05 Å². The minimum atomic E-state index is 0.926. The lowest BCUT2D eigenvalue weighted by atomic mass is 10.2. The van der Waals surface area contributed by atoms with Crippen molar-refractivity contribution in [1.29, 1.82) is 0 Å². The van der Waals surface area contributed by atoms with E-state index in [0.717, 1.165) is 17.8 Å². The van der Waals surface area contributed by atoms with Crippen LogP contribution in [0.3, 0.4) is 0 Å². The van der Waals surface area contributed by atoms with Crippen LogP contribution < -0.4 is 0 Å². The Labute approximate surface area is 83.4 Å². The third kappa shape index (κ3) is 1.66. The molecule has 0 spiro atoms. The van der Waals surface area contributed by atoms with Gasteiger partial charge in [0.05, 0.1) is 12.0 Å². The minimum absolute atomic E-state index is 0.926. The maximum Gasteiger partial charge on any atom is 0.107 e. The van der Waals surface area contributed by atoms with Crippen molar-refractivity contribution in [2.75, 3.05) is 0 Å². The van der Waals surface area contributed by atoms with Gasteiger partial charge in [-0.25, -0.2) is 4.98 Å². The lowest BCUT2D eigenvalue weighted by Crippen LogP contribution is -1.86. The molecule has 2 aromatic rings. The molecule has 0 unspecified atom stereocenters. The third-order valence-electron chi connectivity index (χ3n) is 2.20. The normalized spacial score (nSPS) is 10.4. The number of pyridine rings is 1. The van der Waals surface area contributed by atoms with E-state index < -0.39 is 0 Å². The third-order valence-corrected chi connectivity index (χ3v) is 2.20. The molecule has 2 heterocycles. The standard InChI is InChI=1S/C11H13N3/c1-3-9-4-5-10(12-6-9)11-7-14(2)8-13-11/h4-8H,3H2,1-2H3. The Morgan fingerprint density at radius 1 is 1.21 bits per heavy atom. The van der Waals surface area contributed by atoms with E-state index in [9.17, 15) is 0 Å². The van der Waals surface area contributed by atoms with Crippen LogP contribution in [0, 0.1) is 0 Å². The first-order chi connectivity index (χ1) is 6.79. The first kappa shape index (κ1) is 8.94. The van der Waals surface area contributed by atoms with Crippen LogP contribution in [0.25, 0.3) is 11.4 Å². The molecule has 0 saturated carbocycles. The fourth-order valence-corrected chi connectivity index (χ4v) is 1.33. The largest absolute Gasteiger partial charge is 0.340 e. The van der Waals surface area contributed by atoms with E-state index in [2.05, 4.69) is 23.0 Å². The summed E-state index contributed by atoms with van der Waals surface area (Å²) in [6.45, 7) is 2.12. The molecule has 3 nitrogen and oxygen atoms in total. The highest BCUT2D eigenvalue weighted by Crippen LogP contribution is 2.13. The summed E-state index contributed by atoms with van der Waals surface area (Å²) in [5.41, 5.74) is 3.11. The van der Waals surface area contributed by atoms with Crippen molar-refractivity contribution < 1.29 is 0 Å². The Morgan fingerprint density at radius 2 is 2.07 bits per heavy atom. The van der Waals surface area contributed by atoms with Crippen LogP contribution in [0.4, 0.5) is 0 Å². The lowest BCUT2D eigenvalue weighted by Gasteiger charge is -1.97. The molecule has 0 aliphatic heterocycles. The average molecular weight is 187 g/mol. The second kappa shape index (κ2) is 3.62. The molecule has 0 aliphatic carbocycles. The second-order valence-corrected chi connectivity index (χ2v) is 3.33. The molecule has 0 aromatic carbocycles. The van der Waals surface area contributed by atoms with Gasteiger partial charge in [0.2, 0.25) is 0 Å². The molecule has 0 bridgehead atoms. The van der Waals surface area contributed by atoms with Crippen molar-refractivity contribution in [3.05, 3.63) is 36.4 Å². The van der Waals surface area contributed by atoms with Gasteiger partial charge in [-0.05, 0) is 18.1 Å². The number of imidazole rings is 1. The van der Waals surface area contributed by atoms with E-state index >= 15 is 0 Å². The number of hydrogen-bond acceptors (Lipinski definition) is 2. The Kier molecular flexibility index (Phi) is 2.31. The topological polar surface area (TPSA) is 30.7 Å². The zero-order valence-corrected chi connectivity index (χ0v) is 8.44. The second-order valence-electron chi connectivity index (χ2n) is 3.33. The number of rotatable bonds is 2. The summed E-state index contributed by atoms with van der Waals surface area (Å²) < 4.78 is 1.92. The Morgan fingerprint density at radius 3 is 2.57 bits per heavy atom. The van der Waals surface area contributed by atoms with E-state index in [1.54, 1.807) is 6.33 Å². The molecule has 0 fully saturated rings. The summed E-state index contributed by atoms with van der Waals surface area (Å²) in [4.78, 5) is 8.60. The van der Waals surface area contributed by atoms with Gasteiger partial charge in [-0.3, -0.25) is 4.98 Å². The highest BCUT2D eigenvalue weighted by Gasteiger charge is 2.01. The zero-order chi connectivity index (χ0) is 9.97. The van der Waals surface area contributed by atoms with E-state index in [1.165, 1.54) is 5.56 Å². The fourth-order valence-electron chi connectivity index (χ4n) is 1.33. The quantitative estimate of drug-likeness (QED) is 0.720. The van der Waals surface area contributed by atoms with Gasteiger partial charge in [-0.15, -0.1) is 0 Å². The fraction of sp³-hybridized carbons (Fsp3) is 0.273. The van der Waals surface area contributed by atoms with E-state index in [1.807, 2.05) is 30.1 Å². The summed E-state index contributed by atoms with van der Waals surface area (Å²) in [7, 11) is 1.96. The molecule has 0 N–H and O–H groups in total. The predicted molar refractivity (Wildman–Crippen MR) is 55.8 cm³/mol. The van der Waals surface area contributed by atoms with Gasteiger partial charge in [0.15, 0.2) is 0 Å². The lowest BCUT2D eigenvalue weighted by molar-refractivity contribution is 0.913.